The van der Waals surface area contributed by atoms with Gasteiger partial charge in [-0.3, -0.25) is 14.5 Å². The van der Waals surface area contributed by atoms with Crippen LogP contribution in [0.1, 0.15) is 22.7 Å². The van der Waals surface area contributed by atoms with Crippen molar-refractivity contribution >= 4 is 44.1 Å². The smallest absolute Gasteiger partial charge is 0.301 e. The molecule has 5 rings (SSSR count). The molecule has 1 aliphatic rings. The molecule has 1 atom stereocenters. The zero-order chi connectivity index (χ0) is 24.0. The molecule has 2 N–H and O–H groups in total. The standard InChI is InChI=1S/C26H20N2O5S/c1-14-6-11-19-20(12-14)34-26(27-19)28-22(15-7-9-17(29)10-8-15)21(24(31)25(28)32)23(30)16-4-3-5-18(13-16)33-2/h3-13,22,29-30H,1-2H3. The summed E-state index contributed by atoms with van der Waals surface area (Å²) in [5.41, 5.74) is 2.61. The summed E-state index contributed by atoms with van der Waals surface area (Å²) >= 11 is 1.30. The molecular weight excluding hydrogens is 452 g/mol. The lowest BCUT2D eigenvalue weighted by atomic mass is 9.95. The molecule has 1 fully saturated rings. The molecule has 0 saturated carbocycles. The lowest BCUT2D eigenvalue weighted by Crippen LogP contribution is -2.29. The highest BCUT2D eigenvalue weighted by Gasteiger charge is 2.48. The van der Waals surface area contributed by atoms with Gasteiger partial charge in [0.2, 0.25) is 0 Å². The molecule has 1 saturated heterocycles. The van der Waals surface area contributed by atoms with Gasteiger partial charge in [0.1, 0.15) is 17.3 Å². The van der Waals surface area contributed by atoms with Crippen LogP contribution in [0.3, 0.4) is 0 Å². The Kier molecular flexibility index (Phi) is 5.30. The third-order valence-electron chi connectivity index (χ3n) is 5.74. The summed E-state index contributed by atoms with van der Waals surface area (Å²) in [7, 11) is 1.50. The van der Waals surface area contributed by atoms with Gasteiger partial charge in [-0.2, -0.15) is 0 Å². The van der Waals surface area contributed by atoms with E-state index in [2.05, 4.69) is 4.98 Å². The molecule has 7 nitrogen and oxygen atoms in total. The van der Waals surface area contributed by atoms with Crippen molar-refractivity contribution in [3.8, 4) is 11.5 Å². The SMILES string of the molecule is COc1cccc(C(O)=C2C(=O)C(=O)N(c3nc4ccc(C)cc4s3)C2c2ccc(O)cc2)c1. The summed E-state index contributed by atoms with van der Waals surface area (Å²) in [6, 6.07) is 17.7. The van der Waals surface area contributed by atoms with Gasteiger partial charge in [-0.25, -0.2) is 4.98 Å². The number of aryl methyl sites for hydroxylation is 1. The number of phenolic OH excluding ortho intramolecular Hbond substituents is 1. The zero-order valence-electron chi connectivity index (χ0n) is 18.4. The first kappa shape index (κ1) is 21.7. The van der Waals surface area contributed by atoms with Gasteiger partial charge in [-0.15, -0.1) is 0 Å². The lowest BCUT2D eigenvalue weighted by molar-refractivity contribution is -0.132. The van der Waals surface area contributed by atoms with Crippen molar-refractivity contribution in [2.24, 2.45) is 0 Å². The fourth-order valence-corrected chi connectivity index (χ4v) is 5.14. The minimum Gasteiger partial charge on any atom is -0.508 e. The van der Waals surface area contributed by atoms with Crippen LogP contribution in [0.2, 0.25) is 0 Å². The van der Waals surface area contributed by atoms with E-state index in [1.54, 1.807) is 36.4 Å². The Morgan fingerprint density at radius 3 is 2.56 bits per heavy atom. The number of aromatic hydroxyl groups is 1. The van der Waals surface area contributed by atoms with Crippen LogP contribution in [-0.4, -0.2) is 34.0 Å². The van der Waals surface area contributed by atoms with Crippen LogP contribution in [-0.2, 0) is 9.59 Å². The van der Waals surface area contributed by atoms with E-state index >= 15 is 0 Å². The molecule has 1 unspecified atom stereocenters. The number of carbonyl (C=O) groups excluding carboxylic acids is 2. The largest absolute Gasteiger partial charge is 0.508 e. The number of carbonyl (C=O) groups is 2. The number of methoxy groups -OCH3 is 1. The van der Waals surface area contributed by atoms with E-state index < -0.39 is 17.7 Å². The van der Waals surface area contributed by atoms with E-state index in [0.29, 0.717) is 27.5 Å². The Balaban J connectivity index is 1.73. The molecule has 0 spiro atoms. The number of nitrogens with zero attached hydrogens (tertiary/aromatic N) is 2. The third-order valence-corrected chi connectivity index (χ3v) is 6.75. The number of aliphatic hydroxyl groups is 1. The molecule has 2 heterocycles. The second-order valence-electron chi connectivity index (χ2n) is 7.96. The average Bonchev–Trinajstić information content (AvgIpc) is 3.37. The zero-order valence-corrected chi connectivity index (χ0v) is 19.2. The Hall–Kier alpha value is -4.17. The molecule has 1 aromatic heterocycles. The van der Waals surface area contributed by atoms with Crippen LogP contribution in [0.25, 0.3) is 16.0 Å². The third kappa shape index (κ3) is 3.58. The van der Waals surface area contributed by atoms with Crippen LogP contribution in [0.5, 0.6) is 11.5 Å². The van der Waals surface area contributed by atoms with Gasteiger partial charge in [0.15, 0.2) is 5.13 Å². The first-order valence-electron chi connectivity index (χ1n) is 10.5. The number of hydrogen-bond acceptors (Lipinski definition) is 7. The average molecular weight is 473 g/mol. The Morgan fingerprint density at radius 2 is 1.82 bits per heavy atom. The monoisotopic (exact) mass is 472 g/mol. The predicted octanol–water partition coefficient (Wildman–Crippen LogP) is 4.95. The number of phenols is 1. The van der Waals surface area contributed by atoms with Gasteiger partial charge in [-0.05, 0) is 54.4 Å². The maximum atomic E-state index is 13.3. The minimum atomic E-state index is -0.923. The van der Waals surface area contributed by atoms with Crippen LogP contribution >= 0.6 is 11.3 Å². The van der Waals surface area contributed by atoms with Crippen molar-refractivity contribution in [2.75, 3.05) is 12.0 Å². The summed E-state index contributed by atoms with van der Waals surface area (Å²) < 4.78 is 6.13. The molecule has 0 bridgehead atoms. The minimum absolute atomic E-state index is 0.0453. The maximum Gasteiger partial charge on any atom is 0.301 e. The maximum absolute atomic E-state index is 13.3. The van der Waals surface area contributed by atoms with E-state index in [-0.39, 0.29) is 17.1 Å². The number of aliphatic hydroxyl groups excluding tert-OH is 1. The molecule has 1 amide bonds. The van der Waals surface area contributed by atoms with Gasteiger partial charge in [0.25, 0.3) is 5.78 Å². The quantitative estimate of drug-likeness (QED) is 0.248. The van der Waals surface area contributed by atoms with Crippen molar-refractivity contribution in [2.45, 2.75) is 13.0 Å². The summed E-state index contributed by atoms with van der Waals surface area (Å²) in [4.78, 5) is 32.5. The van der Waals surface area contributed by atoms with Gasteiger partial charge < -0.3 is 14.9 Å². The molecule has 8 heteroatoms. The van der Waals surface area contributed by atoms with E-state index in [9.17, 15) is 19.8 Å². The van der Waals surface area contributed by atoms with Gasteiger partial charge in [0.05, 0.1) is 28.9 Å². The summed E-state index contributed by atoms with van der Waals surface area (Å²) in [6.45, 7) is 1.97. The fourth-order valence-electron chi connectivity index (χ4n) is 4.05. The van der Waals surface area contributed by atoms with Gasteiger partial charge >= 0.3 is 5.91 Å². The van der Waals surface area contributed by atoms with E-state index in [1.165, 1.54) is 35.5 Å². The number of amides is 1. The molecular formula is C26H20N2O5S. The molecule has 0 radical (unpaired) electrons. The predicted molar refractivity (Wildman–Crippen MR) is 130 cm³/mol. The number of rotatable bonds is 4. The number of anilines is 1. The van der Waals surface area contributed by atoms with Crippen molar-refractivity contribution in [1.82, 2.24) is 4.98 Å². The number of ketones is 1. The Labute approximate surface area is 199 Å². The highest BCUT2D eigenvalue weighted by molar-refractivity contribution is 7.22. The van der Waals surface area contributed by atoms with Crippen LogP contribution < -0.4 is 9.64 Å². The number of hydrogen-bond donors (Lipinski definition) is 2. The molecule has 3 aromatic carbocycles. The number of thiazole rings is 1. The number of aromatic nitrogens is 1. The second kappa shape index (κ2) is 8.31. The fraction of sp³-hybridized carbons (Fsp3) is 0.115. The lowest BCUT2D eigenvalue weighted by Gasteiger charge is -2.23. The summed E-state index contributed by atoms with van der Waals surface area (Å²) in [5, 5.41) is 21.4. The van der Waals surface area contributed by atoms with Crippen LogP contribution in [0.4, 0.5) is 5.13 Å². The van der Waals surface area contributed by atoms with Crippen molar-refractivity contribution in [3.63, 3.8) is 0 Å². The first-order valence-corrected chi connectivity index (χ1v) is 11.3. The van der Waals surface area contributed by atoms with Gasteiger partial charge in [-0.1, -0.05) is 41.7 Å². The molecule has 34 heavy (non-hydrogen) atoms. The van der Waals surface area contributed by atoms with E-state index in [0.717, 1.165) is 10.3 Å². The molecule has 0 aliphatic carbocycles. The van der Waals surface area contributed by atoms with Crippen LogP contribution in [0.15, 0.2) is 72.3 Å². The molecule has 4 aromatic rings. The van der Waals surface area contributed by atoms with Crippen molar-refractivity contribution in [3.05, 3.63) is 89.0 Å². The van der Waals surface area contributed by atoms with Crippen molar-refractivity contribution in [1.29, 1.82) is 0 Å². The van der Waals surface area contributed by atoms with E-state index in [4.69, 9.17) is 4.74 Å². The second-order valence-corrected chi connectivity index (χ2v) is 8.97. The van der Waals surface area contributed by atoms with Crippen LogP contribution in [0, 0.1) is 6.92 Å². The molecule has 170 valence electrons. The first-order chi connectivity index (χ1) is 16.4. The Morgan fingerprint density at radius 1 is 1.06 bits per heavy atom. The highest BCUT2D eigenvalue weighted by atomic mass is 32.1. The highest BCUT2D eigenvalue weighted by Crippen LogP contribution is 2.44. The van der Waals surface area contributed by atoms with Gasteiger partial charge in [0, 0.05) is 5.56 Å². The topological polar surface area (TPSA) is 100.0 Å². The number of Topliss-reactive ketones (excluding diaryl/α,β-unsaturated/α-hetero) is 1. The number of benzene rings is 3. The van der Waals surface area contributed by atoms with Crippen molar-refractivity contribution < 1.29 is 24.5 Å². The van der Waals surface area contributed by atoms with E-state index in [1.807, 2.05) is 25.1 Å². The molecule has 1 aliphatic heterocycles. The normalized spacial score (nSPS) is 17.5. The summed E-state index contributed by atoms with van der Waals surface area (Å²) in [6.07, 6.45) is 0. The Bertz CT molecular complexity index is 1470. The summed E-state index contributed by atoms with van der Waals surface area (Å²) in [5.74, 6) is -1.35. The number of fused-ring (bicyclic) bond motifs is 1. The number of ether oxygens (including phenoxy) is 1.